The highest BCUT2D eigenvalue weighted by atomic mass is 32.2. The summed E-state index contributed by atoms with van der Waals surface area (Å²) in [6.45, 7) is 3.85. The number of carbonyl (C=O) groups is 1. The lowest BCUT2D eigenvalue weighted by Crippen LogP contribution is -2.31. The Morgan fingerprint density at radius 1 is 1.25 bits per heavy atom. The van der Waals surface area contributed by atoms with Crippen LogP contribution in [0.1, 0.15) is 31.2 Å². The van der Waals surface area contributed by atoms with Crippen LogP contribution in [0.3, 0.4) is 0 Å². The Labute approximate surface area is 145 Å². The SMILES string of the molecule is Cc1ccccc1-c1nnc2n1CN(CCCCCC(=O)O)CS2. The van der Waals surface area contributed by atoms with E-state index in [0.29, 0.717) is 0 Å². The van der Waals surface area contributed by atoms with Crippen LogP contribution in [0.4, 0.5) is 0 Å². The third-order valence-electron chi connectivity index (χ3n) is 4.19. The Morgan fingerprint density at radius 3 is 2.88 bits per heavy atom. The second-order valence-electron chi connectivity index (χ2n) is 6.06. The number of thioether (sulfide) groups is 1. The van der Waals surface area contributed by atoms with Crippen molar-refractivity contribution in [2.45, 2.75) is 44.4 Å². The second kappa shape index (κ2) is 7.81. The molecule has 3 rings (SSSR count). The van der Waals surface area contributed by atoms with Gasteiger partial charge in [0.05, 0.1) is 12.5 Å². The molecule has 2 heterocycles. The maximum atomic E-state index is 10.5. The van der Waals surface area contributed by atoms with Crippen molar-refractivity contribution < 1.29 is 9.90 Å². The molecule has 0 saturated heterocycles. The normalized spacial score (nSPS) is 14.5. The Balaban J connectivity index is 1.62. The number of carboxylic acid groups (broad SMARTS) is 1. The number of aryl methyl sites for hydroxylation is 1. The van der Waals surface area contributed by atoms with Gasteiger partial charge in [-0.2, -0.15) is 0 Å². The number of nitrogens with zero attached hydrogens (tertiary/aromatic N) is 4. The summed E-state index contributed by atoms with van der Waals surface area (Å²) in [5.41, 5.74) is 2.32. The first-order valence-electron chi connectivity index (χ1n) is 8.21. The van der Waals surface area contributed by atoms with E-state index in [1.54, 1.807) is 11.8 Å². The van der Waals surface area contributed by atoms with Gasteiger partial charge >= 0.3 is 5.97 Å². The molecule has 24 heavy (non-hydrogen) atoms. The van der Waals surface area contributed by atoms with E-state index in [4.69, 9.17) is 5.11 Å². The molecule has 2 aromatic rings. The second-order valence-corrected chi connectivity index (χ2v) is 6.97. The molecular formula is C17H22N4O2S. The van der Waals surface area contributed by atoms with Crippen molar-refractivity contribution in [3.63, 3.8) is 0 Å². The fraction of sp³-hybridized carbons (Fsp3) is 0.471. The molecule has 1 aliphatic heterocycles. The monoisotopic (exact) mass is 346 g/mol. The van der Waals surface area contributed by atoms with Crippen LogP contribution >= 0.6 is 11.8 Å². The topological polar surface area (TPSA) is 71.2 Å². The number of carboxylic acids is 1. The van der Waals surface area contributed by atoms with E-state index < -0.39 is 5.97 Å². The third-order valence-corrected chi connectivity index (χ3v) is 5.24. The maximum absolute atomic E-state index is 10.5. The maximum Gasteiger partial charge on any atom is 0.303 e. The highest BCUT2D eigenvalue weighted by Gasteiger charge is 2.22. The van der Waals surface area contributed by atoms with Crippen molar-refractivity contribution >= 4 is 17.7 Å². The summed E-state index contributed by atoms with van der Waals surface area (Å²) < 4.78 is 2.17. The van der Waals surface area contributed by atoms with Crippen LogP contribution in [0, 0.1) is 6.92 Å². The van der Waals surface area contributed by atoms with Crippen molar-refractivity contribution in [3.8, 4) is 11.4 Å². The minimum Gasteiger partial charge on any atom is -0.481 e. The Kier molecular flexibility index (Phi) is 5.52. The predicted molar refractivity (Wildman–Crippen MR) is 93.7 cm³/mol. The lowest BCUT2D eigenvalue weighted by Gasteiger charge is -2.27. The molecule has 0 radical (unpaired) electrons. The zero-order valence-corrected chi connectivity index (χ0v) is 14.6. The molecule has 1 aromatic heterocycles. The van der Waals surface area contributed by atoms with E-state index in [1.165, 1.54) is 5.56 Å². The van der Waals surface area contributed by atoms with Crippen LogP contribution in [0.5, 0.6) is 0 Å². The molecule has 0 unspecified atom stereocenters. The van der Waals surface area contributed by atoms with Gasteiger partial charge in [0, 0.05) is 18.5 Å². The summed E-state index contributed by atoms with van der Waals surface area (Å²) in [5, 5.41) is 18.4. The largest absolute Gasteiger partial charge is 0.481 e. The van der Waals surface area contributed by atoms with Crippen LogP contribution in [0.15, 0.2) is 29.4 Å². The van der Waals surface area contributed by atoms with Crippen LogP contribution < -0.4 is 0 Å². The zero-order valence-electron chi connectivity index (χ0n) is 13.8. The van der Waals surface area contributed by atoms with Crippen molar-refractivity contribution in [1.29, 1.82) is 0 Å². The van der Waals surface area contributed by atoms with Gasteiger partial charge in [-0.3, -0.25) is 14.3 Å². The number of hydrogen-bond donors (Lipinski definition) is 1. The number of aliphatic carboxylic acids is 1. The number of unbranched alkanes of at least 4 members (excludes halogenated alkanes) is 2. The standard InChI is InChI=1S/C17H22N4O2S/c1-13-7-4-5-8-14(13)16-18-19-17-21(16)11-20(12-24-17)10-6-2-3-9-15(22)23/h4-5,7-8H,2-3,6,9-12H2,1H3,(H,22,23). The molecule has 0 amide bonds. The Morgan fingerprint density at radius 2 is 2.08 bits per heavy atom. The van der Waals surface area contributed by atoms with E-state index in [1.807, 2.05) is 12.1 Å². The van der Waals surface area contributed by atoms with Crippen molar-refractivity contribution in [2.75, 3.05) is 12.4 Å². The molecule has 1 aromatic carbocycles. The molecule has 0 aliphatic carbocycles. The molecule has 1 N–H and O–H groups in total. The molecule has 1 aliphatic rings. The molecule has 6 nitrogen and oxygen atoms in total. The molecule has 128 valence electrons. The van der Waals surface area contributed by atoms with Gasteiger partial charge in [-0.25, -0.2) is 0 Å². The zero-order chi connectivity index (χ0) is 16.9. The highest BCUT2D eigenvalue weighted by molar-refractivity contribution is 7.99. The van der Waals surface area contributed by atoms with Gasteiger partial charge in [-0.15, -0.1) is 10.2 Å². The van der Waals surface area contributed by atoms with Gasteiger partial charge in [0.15, 0.2) is 11.0 Å². The number of hydrogen-bond acceptors (Lipinski definition) is 5. The van der Waals surface area contributed by atoms with E-state index in [-0.39, 0.29) is 6.42 Å². The molecule has 0 atom stereocenters. The fourth-order valence-electron chi connectivity index (χ4n) is 2.86. The smallest absolute Gasteiger partial charge is 0.303 e. The lowest BCUT2D eigenvalue weighted by molar-refractivity contribution is -0.137. The lowest BCUT2D eigenvalue weighted by atomic mass is 10.1. The van der Waals surface area contributed by atoms with Crippen LogP contribution in [-0.2, 0) is 11.5 Å². The predicted octanol–water partition coefficient (Wildman–Crippen LogP) is 3.22. The third kappa shape index (κ3) is 3.96. The summed E-state index contributed by atoms with van der Waals surface area (Å²) in [6.07, 6.45) is 2.99. The van der Waals surface area contributed by atoms with Gasteiger partial charge in [-0.05, 0) is 25.3 Å². The minimum absolute atomic E-state index is 0.266. The number of aromatic nitrogens is 3. The molecule has 0 saturated carbocycles. The summed E-state index contributed by atoms with van der Waals surface area (Å²) in [7, 11) is 0. The van der Waals surface area contributed by atoms with E-state index in [2.05, 4.69) is 38.7 Å². The Bertz CT molecular complexity index is 716. The highest BCUT2D eigenvalue weighted by Crippen LogP contribution is 2.30. The van der Waals surface area contributed by atoms with Gasteiger partial charge in [0.2, 0.25) is 0 Å². The average Bonchev–Trinajstić information content (AvgIpc) is 2.98. The number of benzene rings is 1. The van der Waals surface area contributed by atoms with Crippen molar-refractivity contribution in [1.82, 2.24) is 19.7 Å². The summed E-state index contributed by atoms with van der Waals surface area (Å²) in [4.78, 5) is 12.9. The molecule has 0 bridgehead atoms. The minimum atomic E-state index is -0.708. The quantitative estimate of drug-likeness (QED) is 0.776. The van der Waals surface area contributed by atoms with Crippen molar-refractivity contribution in [3.05, 3.63) is 29.8 Å². The fourth-order valence-corrected chi connectivity index (χ4v) is 3.77. The molecule has 0 spiro atoms. The molecule has 0 fully saturated rings. The average molecular weight is 346 g/mol. The first kappa shape index (κ1) is 17.0. The summed E-state index contributed by atoms with van der Waals surface area (Å²) in [6, 6.07) is 8.24. The summed E-state index contributed by atoms with van der Waals surface area (Å²) >= 11 is 1.71. The first-order chi connectivity index (χ1) is 11.6. The molecule has 7 heteroatoms. The van der Waals surface area contributed by atoms with E-state index in [0.717, 1.165) is 54.9 Å². The number of fused-ring (bicyclic) bond motifs is 1. The van der Waals surface area contributed by atoms with Crippen LogP contribution in [0.25, 0.3) is 11.4 Å². The number of rotatable bonds is 7. The van der Waals surface area contributed by atoms with Crippen molar-refractivity contribution in [2.24, 2.45) is 0 Å². The Hall–Kier alpha value is -1.86. The molecular weight excluding hydrogens is 324 g/mol. The van der Waals surface area contributed by atoms with E-state index in [9.17, 15) is 4.79 Å². The van der Waals surface area contributed by atoms with Gasteiger partial charge in [0.25, 0.3) is 0 Å². The van der Waals surface area contributed by atoms with E-state index >= 15 is 0 Å². The summed E-state index contributed by atoms with van der Waals surface area (Å²) in [5.74, 6) is 1.12. The van der Waals surface area contributed by atoms with Gasteiger partial charge in [-0.1, -0.05) is 42.4 Å². The van der Waals surface area contributed by atoms with Gasteiger partial charge < -0.3 is 5.11 Å². The van der Waals surface area contributed by atoms with Crippen LogP contribution in [-0.4, -0.2) is 43.2 Å². The van der Waals surface area contributed by atoms with Crippen LogP contribution in [0.2, 0.25) is 0 Å². The first-order valence-corrected chi connectivity index (χ1v) is 9.20. The van der Waals surface area contributed by atoms with Gasteiger partial charge in [0.1, 0.15) is 0 Å².